The van der Waals surface area contributed by atoms with Crippen LogP contribution in [0.2, 0.25) is 0 Å². The van der Waals surface area contributed by atoms with Crippen LogP contribution in [-0.4, -0.2) is 39.5 Å². The molecule has 1 aliphatic heterocycles. The number of aromatic nitrogens is 1. The second-order valence-corrected chi connectivity index (χ2v) is 6.20. The van der Waals surface area contributed by atoms with Gasteiger partial charge in [0.2, 0.25) is 0 Å². The Morgan fingerprint density at radius 2 is 2.20 bits per heavy atom. The highest BCUT2D eigenvalue weighted by molar-refractivity contribution is 7.13. The Morgan fingerprint density at radius 1 is 1.45 bits per heavy atom. The van der Waals surface area contributed by atoms with Crippen LogP contribution >= 0.6 is 11.3 Å². The smallest absolute Gasteiger partial charge is 0.326 e. The summed E-state index contributed by atoms with van der Waals surface area (Å²) in [7, 11) is 0. The highest BCUT2D eigenvalue weighted by Gasteiger charge is 2.33. The van der Waals surface area contributed by atoms with Crippen LogP contribution in [0.5, 0.6) is 0 Å². The van der Waals surface area contributed by atoms with Crippen LogP contribution in [0.1, 0.15) is 53.0 Å². The Kier molecular flexibility index (Phi) is 4.75. The molecule has 0 bridgehead atoms. The van der Waals surface area contributed by atoms with Gasteiger partial charge in [0.05, 0.1) is 10.7 Å². The van der Waals surface area contributed by atoms with E-state index in [1.165, 1.54) is 16.2 Å². The topological polar surface area (TPSA) is 70.5 Å². The van der Waals surface area contributed by atoms with Gasteiger partial charge < -0.3 is 10.0 Å². The molecular weight excluding hydrogens is 276 g/mol. The number of carboxylic acids is 1. The first kappa shape index (κ1) is 15.0. The van der Waals surface area contributed by atoms with Gasteiger partial charge in [-0.25, -0.2) is 9.78 Å². The molecule has 1 saturated heterocycles. The summed E-state index contributed by atoms with van der Waals surface area (Å²) in [5, 5.41) is 10.2. The highest BCUT2D eigenvalue weighted by Crippen LogP contribution is 2.25. The predicted molar refractivity (Wildman–Crippen MR) is 77.2 cm³/mol. The maximum Gasteiger partial charge on any atom is 0.326 e. The molecule has 1 aliphatic rings. The lowest BCUT2D eigenvalue weighted by Gasteiger charge is -2.32. The van der Waals surface area contributed by atoms with Crippen LogP contribution in [0.15, 0.2) is 0 Å². The minimum atomic E-state index is -0.908. The summed E-state index contributed by atoms with van der Waals surface area (Å²) >= 11 is 1.40. The maximum atomic E-state index is 12.6. The number of carbonyl (C=O) groups excluding carboxylic acids is 1. The van der Waals surface area contributed by atoms with E-state index in [1.54, 1.807) is 0 Å². The number of hydrogen-bond acceptors (Lipinski definition) is 4. The van der Waals surface area contributed by atoms with Crippen LogP contribution in [0.4, 0.5) is 0 Å². The molecule has 5 nitrogen and oxygen atoms in total. The molecule has 1 amide bonds. The van der Waals surface area contributed by atoms with E-state index in [1.807, 2.05) is 6.92 Å². The van der Waals surface area contributed by atoms with Crippen molar-refractivity contribution in [3.8, 4) is 0 Å². The van der Waals surface area contributed by atoms with Crippen LogP contribution in [-0.2, 0) is 11.2 Å². The Bertz CT molecular complexity index is 513. The van der Waals surface area contributed by atoms with E-state index in [2.05, 4.69) is 11.9 Å². The normalized spacial score (nSPS) is 19.1. The Morgan fingerprint density at radius 3 is 2.85 bits per heavy atom. The van der Waals surface area contributed by atoms with Crippen molar-refractivity contribution in [3.05, 3.63) is 15.6 Å². The number of aliphatic carboxylic acids is 1. The lowest BCUT2D eigenvalue weighted by Crippen LogP contribution is -2.47. The van der Waals surface area contributed by atoms with Gasteiger partial charge in [0, 0.05) is 6.54 Å². The average Bonchev–Trinajstić information content (AvgIpc) is 2.79. The van der Waals surface area contributed by atoms with Gasteiger partial charge in [-0.2, -0.15) is 0 Å². The van der Waals surface area contributed by atoms with Gasteiger partial charge in [-0.1, -0.05) is 6.92 Å². The lowest BCUT2D eigenvalue weighted by atomic mass is 10.0. The summed E-state index contributed by atoms with van der Waals surface area (Å²) in [5.41, 5.74) is 0.721. The number of hydrogen-bond donors (Lipinski definition) is 1. The molecule has 20 heavy (non-hydrogen) atoms. The molecule has 0 saturated carbocycles. The van der Waals surface area contributed by atoms with Crippen LogP contribution < -0.4 is 0 Å². The van der Waals surface area contributed by atoms with E-state index in [0.717, 1.165) is 36.4 Å². The first-order chi connectivity index (χ1) is 9.54. The largest absolute Gasteiger partial charge is 0.480 e. The van der Waals surface area contributed by atoms with Crippen molar-refractivity contribution in [2.24, 2.45) is 0 Å². The molecule has 0 spiro atoms. The predicted octanol–water partition coefficient (Wildman–Crippen LogP) is 2.48. The van der Waals surface area contributed by atoms with E-state index in [4.69, 9.17) is 0 Å². The number of rotatable bonds is 4. The zero-order chi connectivity index (χ0) is 14.7. The number of nitrogens with zero attached hydrogens (tertiary/aromatic N) is 2. The minimum absolute atomic E-state index is 0.172. The molecule has 1 N–H and O–H groups in total. The molecule has 110 valence electrons. The van der Waals surface area contributed by atoms with E-state index in [9.17, 15) is 14.7 Å². The minimum Gasteiger partial charge on any atom is -0.480 e. The quantitative estimate of drug-likeness (QED) is 0.926. The molecular formula is C14H20N2O3S. The third kappa shape index (κ3) is 3.00. The molecule has 0 aliphatic carbocycles. The lowest BCUT2D eigenvalue weighted by molar-refractivity contribution is -0.143. The first-order valence-electron chi connectivity index (χ1n) is 7.04. The van der Waals surface area contributed by atoms with Crippen LogP contribution in [0, 0.1) is 6.92 Å². The van der Waals surface area contributed by atoms with Gasteiger partial charge in [0.1, 0.15) is 10.9 Å². The second-order valence-electron chi connectivity index (χ2n) is 5.12. The van der Waals surface area contributed by atoms with E-state index >= 15 is 0 Å². The molecule has 2 rings (SSSR count). The summed E-state index contributed by atoms with van der Waals surface area (Å²) in [6.07, 6.45) is 4.13. The monoisotopic (exact) mass is 296 g/mol. The third-order valence-electron chi connectivity index (χ3n) is 3.55. The van der Waals surface area contributed by atoms with Crippen molar-refractivity contribution < 1.29 is 14.7 Å². The molecule has 0 unspecified atom stereocenters. The summed E-state index contributed by atoms with van der Waals surface area (Å²) < 4.78 is 0. The van der Waals surface area contributed by atoms with Crippen molar-refractivity contribution in [2.45, 2.75) is 52.0 Å². The summed E-state index contributed by atoms with van der Waals surface area (Å²) in [6.45, 7) is 4.42. The fourth-order valence-corrected chi connectivity index (χ4v) is 3.66. The van der Waals surface area contributed by atoms with Gasteiger partial charge in [0.15, 0.2) is 0 Å². The Hall–Kier alpha value is -1.43. The van der Waals surface area contributed by atoms with Gasteiger partial charge in [-0.05, 0) is 39.0 Å². The molecule has 1 fully saturated rings. The number of likely N-dealkylation sites (tertiary alicyclic amines) is 1. The summed E-state index contributed by atoms with van der Waals surface area (Å²) in [4.78, 5) is 30.4. The van der Waals surface area contributed by atoms with Gasteiger partial charge in [-0.15, -0.1) is 11.3 Å². The SMILES string of the molecule is CCCc1nc(C)c(C(=O)N2CCCC[C@@H]2C(=O)O)s1. The molecule has 6 heteroatoms. The molecule has 1 aromatic heterocycles. The molecule has 0 aromatic carbocycles. The molecule has 1 atom stereocenters. The second kappa shape index (κ2) is 6.35. The summed E-state index contributed by atoms with van der Waals surface area (Å²) in [5.74, 6) is -1.08. The van der Waals surface area contributed by atoms with Crippen molar-refractivity contribution in [2.75, 3.05) is 6.54 Å². The Labute approximate surface area is 122 Å². The maximum absolute atomic E-state index is 12.6. The van der Waals surface area contributed by atoms with Gasteiger partial charge >= 0.3 is 5.97 Å². The average molecular weight is 296 g/mol. The van der Waals surface area contributed by atoms with Crippen molar-refractivity contribution >= 4 is 23.2 Å². The number of carboxylic acid groups (broad SMARTS) is 1. The van der Waals surface area contributed by atoms with E-state index < -0.39 is 12.0 Å². The standard InChI is InChI=1S/C14H20N2O3S/c1-3-6-11-15-9(2)12(20-11)13(17)16-8-5-4-7-10(16)14(18)19/h10H,3-8H2,1-2H3,(H,18,19)/t10-/m1/s1. The van der Waals surface area contributed by atoms with Crippen LogP contribution in [0.3, 0.4) is 0 Å². The summed E-state index contributed by atoms with van der Waals surface area (Å²) in [6, 6.07) is -0.688. The van der Waals surface area contributed by atoms with Crippen molar-refractivity contribution in [1.82, 2.24) is 9.88 Å². The Balaban J connectivity index is 2.22. The fraction of sp³-hybridized carbons (Fsp3) is 0.643. The number of carbonyl (C=O) groups is 2. The van der Waals surface area contributed by atoms with E-state index in [-0.39, 0.29) is 5.91 Å². The third-order valence-corrected chi connectivity index (χ3v) is 4.75. The van der Waals surface area contributed by atoms with Crippen molar-refractivity contribution in [3.63, 3.8) is 0 Å². The molecule has 0 radical (unpaired) electrons. The fourth-order valence-electron chi connectivity index (χ4n) is 2.53. The van der Waals surface area contributed by atoms with E-state index in [0.29, 0.717) is 17.8 Å². The number of thiazole rings is 1. The van der Waals surface area contributed by atoms with Gasteiger partial charge in [0.25, 0.3) is 5.91 Å². The number of piperidine rings is 1. The first-order valence-corrected chi connectivity index (χ1v) is 7.86. The van der Waals surface area contributed by atoms with Crippen LogP contribution in [0.25, 0.3) is 0 Å². The zero-order valence-corrected chi connectivity index (χ0v) is 12.7. The molecule has 2 heterocycles. The zero-order valence-electron chi connectivity index (χ0n) is 11.9. The van der Waals surface area contributed by atoms with Gasteiger partial charge in [-0.3, -0.25) is 4.79 Å². The van der Waals surface area contributed by atoms with Crippen molar-refractivity contribution in [1.29, 1.82) is 0 Å². The number of amides is 1. The molecule has 1 aromatic rings. The highest BCUT2D eigenvalue weighted by atomic mass is 32.1. The number of aryl methyl sites for hydroxylation is 2.